The minimum absolute atomic E-state index is 0.134. The van der Waals surface area contributed by atoms with Crippen molar-refractivity contribution in [3.05, 3.63) is 48.0 Å². The largest absolute Gasteiger partial charge is 0.409 e. The first-order chi connectivity index (χ1) is 10.3. The quantitative estimate of drug-likeness (QED) is 0.372. The van der Waals surface area contributed by atoms with Gasteiger partial charge >= 0.3 is 0 Å². The summed E-state index contributed by atoms with van der Waals surface area (Å²) in [6.45, 7) is 3.17. The summed E-state index contributed by atoms with van der Waals surface area (Å²) in [5, 5.41) is 20.3. The van der Waals surface area contributed by atoms with Crippen LogP contribution in [0.4, 0.5) is 0 Å². The van der Waals surface area contributed by atoms with Gasteiger partial charge in [-0.25, -0.2) is 0 Å². The smallest absolute Gasteiger partial charge is 0.147 e. The topological polar surface area (TPSA) is 92.6 Å². The summed E-state index contributed by atoms with van der Waals surface area (Å²) in [7, 11) is 0. The maximum Gasteiger partial charge on any atom is 0.147 e. The van der Waals surface area contributed by atoms with E-state index in [4.69, 9.17) is 10.9 Å². The minimum Gasteiger partial charge on any atom is -0.409 e. The number of nitrogens with two attached hydrogens (primary N) is 1. The third-order valence-electron chi connectivity index (χ3n) is 3.83. The van der Waals surface area contributed by atoms with E-state index < -0.39 is 0 Å². The van der Waals surface area contributed by atoms with E-state index in [0.717, 1.165) is 31.0 Å². The highest BCUT2D eigenvalue weighted by atomic mass is 16.4. The number of hydrogen-bond acceptors (Lipinski definition) is 5. The molecule has 1 unspecified atom stereocenters. The molecule has 3 rings (SSSR count). The SMILES string of the molecule is NC(=NO)C(CN1CCn2cnnc2C1)c1ccccc1. The lowest BCUT2D eigenvalue weighted by atomic mass is 9.97. The van der Waals surface area contributed by atoms with Gasteiger partial charge in [0.1, 0.15) is 18.0 Å². The van der Waals surface area contributed by atoms with Crippen LogP contribution in [0.1, 0.15) is 17.3 Å². The molecule has 1 atom stereocenters. The zero-order valence-electron chi connectivity index (χ0n) is 11.6. The van der Waals surface area contributed by atoms with Crippen LogP contribution >= 0.6 is 0 Å². The van der Waals surface area contributed by atoms with E-state index in [1.165, 1.54) is 0 Å². The van der Waals surface area contributed by atoms with Gasteiger partial charge in [0.15, 0.2) is 0 Å². The summed E-state index contributed by atoms with van der Waals surface area (Å²) in [5.74, 6) is 1.05. The molecule has 1 aromatic carbocycles. The van der Waals surface area contributed by atoms with Crippen LogP contribution in [0.25, 0.3) is 0 Å². The molecule has 7 heteroatoms. The third kappa shape index (κ3) is 2.87. The molecule has 7 nitrogen and oxygen atoms in total. The number of aromatic nitrogens is 3. The molecule has 110 valence electrons. The molecule has 2 heterocycles. The van der Waals surface area contributed by atoms with Crippen LogP contribution in [-0.4, -0.2) is 43.8 Å². The van der Waals surface area contributed by atoms with Crippen LogP contribution in [0.5, 0.6) is 0 Å². The molecule has 2 aromatic rings. The predicted molar refractivity (Wildman–Crippen MR) is 77.9 cm³/mol. The van der Waals surface area contributed by atoms with E-state index in [-0.39, 0.29) is 11.8 Å². The van der Waals surface area contributed by atoms with Gasteiger partial charge in [0.25, 0.3) is 0 Å². The summed E-state index contributed by atoms with van der Waals surface area (Å²) >= 11 is 0. The first-order valence-electron chi connectivity index (χ1n) is 6.89. The summed E-state index contributed by atoms with van der Waals surface area (Å²) in [4.78, 5) is 2.25. The molecule has 0 aliphatic carbocycles. The number of benzene rings is 1. The highest BCUT2D eigenvalue weighted by Crippen LogP contribution is 2.20. The Kier molecular flexibility index (Phi) is 3.83. The molecule has 21 heavy (non-hydrogen) atoms. The van der Waals surface area contributed by atoms with Crippen molar-refractivity contribution < 1.29 is 5.21 Å². The molecule has 1 aliphatic rings. The van der Waals surface area contributed by atoms with E-state index in [9.17, 15) is 0 Å². The van der Waals surface area contributed by atoms with E-state index in [0.29, 0.717) is 6.54 Å². The second-order valence-electron chi connectivity index (χ2n) is 5.16. The van der Waals surface area contributed by atoms with Gasteiger partial charge in [-0.15, -0.1) is 10.2 Å². The third-order valence-corrected chi connectivity index (χ3v) is 3.83. The second-order valence-corrected chi connectivity index (χ2v) is 5.16. The Bertz CT molecular complexity index is 623. The van der Waals surface area contributed by atoms with Gasteiger partial charge < -0.3 is 15.5 Å². The standard InChI is InChI=1S/C14H18N6O/c15-14(18-21)12(11-4-2-1-3-5-11)8-19-6-7-20-10-16-17-13(20)9-19/h1-5,10,12,21H,6-9H2,(H2,15,18). The minimum atomic E-state index is -0.134. The van der Waals surface area contributed by atoms with Gasteiger partial charge in [-0.05, 0) is 5.56 Å². The van der Waals surface area contributed by atoms with Crippen molar-refractivity contribution >= 4 is 5.84 Å². The Labute approximate surface area is 122 Å². The van der Waals surface area contributed by atoms with Gasteiger partial charge in [-0.2, -0.15) is 0 Å². The van der Waals surface area contributed by atoms with E-state index in [2.05, 4.69) is 24.8 Å². The molecule has 0 saturated heterocycles. The van der Waals surface area contributed by atoms with Crippen molar-refractivity contribution in [3.8, 4) is 0 Å². The zero-order chi connectivity index (χ0) is 14.7. The van der Waals surface area contributed by atoms with Crippen LogP contribution in [0.15, 0.2) is 41.8 Å². The number of nitrogens with zero attached hydrogens (tertiary/aromatic N) is 5. The van der Waals surface area contributed by atoms with Crippen LogP contribution in [0.2, 0.25) is 0 Å². The molecule has 0 amide bonds. The fraction of sp³-hybridized carbons (Fsp3) is 0.357. The molecular weight excluding hydrogens is 268 g/mol. The lowest BCUT2D eigenvalue weighted by molar-refractivity contribution is 0.213. The van der Waals surface area contributed by atoms with Gasteiger partial charge in [-0.3, -0.25) is 4.90 Å². The summed E-state index contributed by atoms with van der Waals surface area (Å²) in [6.07, 6.45) is 1.75. The van der Waals surface area contributed by atoms with Crippen molar-refractivity contribution in [2.45, 2.75) is 19.0 Å². The summed E-state index contributed by atoms with van der Waals surface area (Å²) in [5.41, 5.74) is 6.92. The highest BCUT2D eigenvalue weighted by Gasteiger charge is 2.24. The van der Waals surface area contributed by atoms with Crippen LogP contribution in [-0.2, 0) is 13.1 Å². The fourth-order valence-electron chi connectivity index (χ4n) is 2.66. The molecule has 0 saturated carbocycles. The van der Waals surface area contributed by atoms with E-state index >= 15 is 0 Å². The lowest BCUT2D eigenvalue weighted by Crippen LogP contribution is -2.39. The fourth-order valence-corrected chi connectivity index (χ4v) is 2.66. The average molecular weight is 286 g/mol. The Morgan fingerprint density at radius 2 is 2.14 bits per heavy atom. The van der Waals surface area contributed by atoms with Crippen molar-refractivity contribution in [1.82, 2.24) is 19.7 Å². The molecule has 0 fully saturated rings. The van der Waals surface area contributed by atoms with Crippen LogP contribution < -0.4 is 5.73 Å². The van der Waals surface area contributed by atoms with Crippen LogP contribution in [0.3, 0.4) is 0 Å². The van der Waals surface area contributed by atoms with E-state index in [1.54, 1.807) is 6.33 Å². The van der Waals surface area contributed by atoms with Gasteiger partial charge in [0.2, 0.25) is 0 Å². The Morgan fingerprint density at radius 3 is 2.90 bits per heavy atom. The molecule has 0 radical (unpaired) electrons. The molecule has 0 spiro atoms. The maximum absolute atomic E-state index is 9.04. The molecule has 3 N–H and O–H groups in total. The van der Waals surface area contributed by atoms with Gasteiger partial charge in [0.05, 0.1) is 12.5 Å². The molecule has 0 bridgehead atoms. The number of fused-ring (bicyclic) bond motifs is 1. The predicted octanol–water partition coefficient (Wildman–Crippen LogP) is 0.624. The van der Waals surface area contributed by atoms with Crippen molar-refractivity contribution in [3.63, 3.8) is 0 Å². The molecule has 1 aliphatic heterocycles. The monoisotopic (exact) mass is 286 g/mol. The maximum atomic E-state index is 9.04. The average Bonchev–Trinajstić information content (AvgIpc) is 3.00. The summed E-state index contributed by atoms with van der Waals surface area (Å²) in [6, 6.07) is 9.86. The number of amidine groups is 1. The van der Waals surface area contributed by atoms with E-state index in [1.807, 2.05) is 30.3 Å². The number of oxime groups is 1. The zero-order valence-corrected chi connectivity index (χ0v) is 11.6. The Morgan fingerprint density at radius 1 is 1.33 bits per heavy atom. The normalized spacial score (nSPS) is 17.4. The number of rotatable bonds is 4. The highest BCUT2D eigenvalue weighted by molar-refractivity contribution is 5.87. The van der Waals surface area contributed by atoms with Crippen molar-refractivity contribution in [2.75, 3.05) is 13.1 Å². The number of hydrogen-bond donors (Lipinski definition) is 2. The Balaban J connectivity index is 1.77. The molecule has 1 aromatic heterocycles. The Hall–Kier alpha value is -2.41. The first-order valence-corrected chi connectivity index (χ1v) is 6.89. The summed E-state index contributed by atoms with van der Waals surface area (Å²) < 4.78 is 2.05. The first kappa shape index (κ1) is 13.6. The lowest BCUT2D eigenvalue weighted by Gasteiger charge is -2.30. The van der Waals surface area contributed by atoms with Crippen LogP contribution in [0, 0.1) is 0 Å². The molecular formula is C14H18N6O. The van der Waals surface area contributed by atoms with Crippen molar-refractivity contribution in [1.29, 1.82) is 0 Å². The van der Waals surface area contributed by atoms with Gasteiger partial charge in [0, 0.05) is 19.6 Å². The van der Waals surface area contributed by atoms with Crippen molar-refractivity contribution in [2.24, 2.45) is 10.9 Å². The van der Waals surface area contributed by atoms with Gasteiger partial charge in [-0.1, -0.05) is 35.5 Å². The second kappa shape index (κ2) is 5.92.